The molecule has 0 atom stereocenters. The fraction of sp³-hybridized carbons (Fsp3) is 0.273. The molecule has 0 unspecified atom stereocenters. The first-order valence-electron chi connectivity index (χ1n) is 9.76. The highest BCUT2D eigenvalue weighted by atomic mass is 32.1. The van der Waals surface area contributed by atoms with Crippen molar-refractivity contribution >= 4 is 38.6 Å². The van der Waals surface area contributed by atoms with Gasteiger partial charge in [0, 0.05) is 12.0 Å². The average molecular weight is 459 g/mol. The first kappa shape index (κ1) is 21.8. The van der Waals surface area contributed by atoms with E-state index in [1.165, 1.54) is 24.6 Å². The van der Waals surface area contributed by atoms with Gasteiger partial charge in [0.25, 0.3) is 0 Å². The van der Waals surface area contributed by atoms with E-state index in [-0.39, 0.29) is 18.3 Å². The highest BCUT2D eigenvalue weighted by Gasteiger charge is 2.16. The van der Waals surface area contributed by atoms with Gasteiger partial charge in [0.15, 0.2) is 0 Å². The van der Waals surface area contributed by atoms with Gasteiger partial charge in [0.2, 0.25) is 5.88 Å². The number of aromatic nitrogens is 3. The standard InChI is InChI=1S/C22H19F2N3O4S/c1-12-9-13(19-15(10-12)26-17(11-25-19)31-22(23)24)21-27-14-5-3-6-16(20(14)32-21)30-8-4-7-18(28)29-2/h3,5-6,9-11,22H,4,7-8H2,1-2H3. The molecule has 4 rings (SSSR count). The van der Waals surface area contributed by atoms with Gasteiger partial charge in [-0.3, -0.25) is 4.79 Å². The molecule has 0 saturated heterocycles. The number of ether oxygens (including phenoxy) is 3. The molecule has 0 aliphatic rings. The van der Waals surface area contributed by atoms with Crippen molar-refractivity contribution in [3.05, 3.63) is 42.1 Å². The second-order valence-electron chi connectivity index (χ2n) is 6.92. The third-order valence-corrected chi connectivity index (χ3v) is 5.72. The predicted molar refractivity (Wildman–Crippen MR) is 116 cm³/mol. The molecule has 2 heterocycles. The Balaban J connectivity index is 1.67. The van der Waals surface area contributed by atoms with E-state index in [0.29, 0.717) is 34.8 Å². The van der Waals surface area contributed by atoms with Crippen molar-refractivity contribution in [1.29, 1.82) is 0 Å². The van der Waals surface area contributed by atoms with Crippen LogP contribution in [0.5, 0.6) is 11.6 Å². The lowest BCUT2D eigenvalue weighted by molar-refractivity contribution is -0.140. The van der Waals surface area contributed by atoms with Crippen LogP contribution >= 0.6 is 11.3 Å². The highest BCUT2D eigenvalue weighted by molar-refractivity contribution is 7.22. The summed E-state index contributed by atoms with van der Waals surface area (Å²) in [4.78, 5) is 24.4. The Morgan fingerprint density at radius 1 is 1.19 bits per heavy atom. The topological polar surface area (TPSA) is 83.4 Å². The van der Waals surface area contributed by atoms with Crippen molar-refractivity contribution in [2.24, 2.45) is 0 Å². The number of carbonyl (C=O) groups excluding carboxylic acids is 1. The minimum Gasteiger partial charge on any atom is -0.492 e. The summed E-state index contributed by atoms with van der Waals surface area (Å²) in [6.45, 7) is -0.719. The molecule has 32 heavy (non-hydrogen) atoms. The molecule has 0 radical (unpaired) electrons. The van der Waals surface area contributed by atoms with Crippen LogP contribution in [0.4, 0.5) is 8.78 Å². The van der Waals surface area contributed by atoms with E-state index < -0.39 is 6.61 Å². The first-order valence-corrected chi connectivity index (χ1v) is 10.6. The third-order valence-electron chi connectivity index (χ3n) is 4.60. The van der Waals surface area contributed by atoms with Crippen molar-refractivity contribution in [3.63, 3.8) is 0 Å². The van der Waals surface area contributed by atoms with E-state index >= 15 is 0 Å². The van der Waals surface area contributed by atoms with Gasteiger partial charge in [-0.25, -0.2) is 15.0 Å². The van der Waals surface area contributed by atoms with Crippen LogP contribution in [-0.4, -0.2) is 41.2 Å². The predicted octanol–water partition coefficient (Wildman–Crippen LogP) is 5.15. The van der Waals surface area contributed by atoms with Gasteiger partial charge < -0.3 is 14.2 Å². The van der Waals surface area contributed by atoms with Crippen LogP contribution in [0.25, 0.3) is 31.8 Å². The number of aryl methyl sites for hydroxylation is 1. The van der Waals surface area contributed by atoms with Gasteiger partial charge in [0.1, 0.15) is 10.8 Å². The van der Waals surface area contributed by atoms with Crippen LogP contribution in [0.1, 0.15) is 18.4 Å². The minimum absolute atomic E-state index is 0.240. The van der Waals surface area contributed by atoms with Crippen molar-refractivity contribution < 1.29 is 27.8 Å². The maximum Gasteiger partial charge on any atom is 0.388 e. The summed E-state index contributed by atoms with van der Waals surface area (Å²) < 4.78 is 40.8. The number of methoxy groups -OCH3 is 1. The maximum atomic E-state index is 12.5. The maximum absolute atomic E-state index is 12.5. The van der Waals surface area contributed by atoms with Crippen LogP contribution in [0, 0.1) is 6.92 Å². The van der Waals surface area contributed by atoms with E-state index in [4.69, 9.17) is 9.72 Å². The summed E-state index contributed by atoms with van der Waals surface area (Å²) in [7, 11) is 1.36. The normalized spacial score (nSPS) is 11.3. The van der Waals surface area contributed by atoms with E-state index in [9.17, 15) is 13.6 Å². The second-order valence-corrected chi connectivity index (χ2v) is 7.92. The number of esters is 1. The molecule has 4 aromatic rings. The molecule has 7 nitrogen and oxygen atoms in total. The van der Waals surface area contributed by atoms with E-state index in [1.807, 2.05) is 31.2 Å². The SMILES string of the molecule is COC(=O)CCCOc1cccc2nc(-c3cc(C)cc4nc(OC(F)F)cnc34)sc12. The van der Waals surface area contributed by atoms with Crippen molar-refractivity contribution in [3.8, 4) is 22.2 Å². The Kier molecular flexibility index (Phi) is 6.40. The largest absolute Gasteiger partial charge is 0.492 e. The van der Waals surface area contributed by atoms with Gasteiger partial charge in [0.05, 0.1) is 41.2 Å². The highest BCUT2D eigenvalue weighted by Crippen LogP contribution is 2.38. The van der Waals surface area contributed by atoms with Crippen molar-refractivity contribution in [1.82, 2.24) is 15.0 Å². The van der Waals surface area contributed by atoms with Gasteiger partial charge in [-0.2, -0.15) is 8.78 Å². The van der Waals surface area contributed by atoms with Crippen LogP contribution in [0.2, 0.25) is 0 Å². The fourth-order valence-corrected chi connectivity index (χ4v) is 4.26. The number of alkyl halides is 2. The third kappa shape index (κ3) is 4.75. The molecule has 0 bridgehead atoms. The fourth-order valence-electron chi connectivity index (χ4n) is 3.21. The van der Waals surface area contributed by atoms with Crippen molar-refractivity contribution in [2.45, 2.75) is 26.4 Å². The average Bonchev–Trinajstić information content (AvgIpc) is 3.20. The molecule has 2 aromatic carbocycles. The monoisotopic (exact) mass is 459 g/mol. The summed E-state index contributed by atoms with van der Waals surface area (Å²) in [5.74, 6) is 0.157. The smallest absolute Gasteiger partial charge is 0.388 e. The van der Waals surface area contributed by atoms with Gasteiger partial charge in [-0.15, -0.1) is 11.3 Å². The van der Waals surface area contributed by atoms with E-state index in [2.05, 4.69) is 19.4 Å². The molecular formula is C22H19F2N3O4S. The van der Waals surface area contributed by atoms with Crippen LogP contribution < -0.4 is 9.47 Å². The molecule has 0 aliphatic heterocycles. The summed E-state index contributed by atoms with van der Waals surface area (Å²) >= 11 is 1.44. The van der Waals surface area contributed by atoms with Gasteiger partial charge in [-0.1, -0.05) is 6.07 Å². The molecule has 2 aromatic heterocycles. The van der Waals surface area contributed by atoms with E-state index in [0.717, 1.165) is 21.3 Å². The lowest BCUT2D eigenvalue weighted by atomic mass is 10.1. The Morgan fingerprint density at radius 2 is 2.03 bits per heavy atom. The summed E-state index contributed by atoms with van der Waals surface area (Å²) in [6.07, 6.45) is 2.00. The zero-order valence-electron chi connectivity index (χ0n) is 17.3. The summed E-state index contributed by atoms with van der Waals surface area (Å²) in [5, 5.41) is 0.705. The number of benzene rings is 2. The van der Waals surface area contributed by atoms with Gasteiger partial charge in [-0.05, 0) is 43.2 Å². The quantitative estimate of drug-likeness (QED) is 0.266. The Bertz CT molecular complexity index is 1280. The zero-order chi connectivity index (χ0) is 22.7. The molecular weight excluding hydrogens is 440 g/mol. The first-order chi connectivity index (χ1) is 15.4. The molecule has 0 aliphatic carbocycles. The van der Waals surface area contributed by atoms with Crippen LogP contribution in [0.3, 0.4) is 0 Å². The number of fused-ring (bicyclic) bond motifs is 2. The minimum atomic E-state index is -2.97. The number of hydrogen-bond acceptors (Lipinski definition) is 8. The number of carbonyl (C=O) groups is 1. The summed E-state index contributed by atoms with van der Waals surface area (Å²) in [6, 6.07) is 9.27. The molecule has 0 N–H and O–H groups in total. The Labute approximate surface area is 186 Å². The number of nitrogens with zero attached hydrogens (tertiary/aromatic N) is 3. The Hall–Kier alpha value is -3.40. The molecule has 0 fully saturated rings. The zero-order valence-corrected chi connectivity index (χ0v) is 18.1. The van der Waals surface area contributed by atoms with Crippen molar-refractivity contribution in [2.75, 3.05) is 13.7 Å². The lowest BCUT2D eigenvalue weighted by Crippen LogP contribution is -2.04. The van der Waals surface area contributed by atoms with Crippen LogP contribution in [0.15, 0.2) is 36.5 Å². The number of halogens is 2. The molecule has 10 heteroatoms. The van der Waals surface area contributed by atoms with Crippen LogP contribution in [-0.2, 0) is 9.53 Å². The van der Waals surface area contributed by atoms with E-state index in [1.54, 1.807) is 6.07 Å². The number of hydrogen-bond donors (Lipinski definition) is 0. The number of thiazole rings is 1. The molecule has 166 valence electrons. The summed E-state index contributed by atoms with van der Waals surface area (Å²) in [5.41, 5.74) is 3.37. The van der Waals surface area contributed by atoms with Gasteiger partial charge >= 0.3 is 12.6 Å². The lowest BCUT2D eigenvalue weighted by Gasteiger charge is -2.07. The number of rotatable bonds is 8. The molecule has 0 saturated carbocycles. The second kappa shape index (κ2) is 9.39. The molecule has 0 amide bonds. The molecule has 0 spiro atoms. The Morgan fingerprint density at radius 3 is 2.81 bits per heavy atom.